The Morgan fingerprint density at radius 1 is 1.00 bits per heavy atom. The van der Waals surface area contributed by atoms with Crippen LogP contribution in [0.3, 0.4) is 0 Å². The highest BCUT2D eigenvalue weighted by molar-refractivity contribution is 7.81. The zero-order valence-electron chi connectivity index (χ0n) is 12.0. The Morgan fingerprint density at radius 3 is 1.80 bits per heavy atom. The Morgan fingerprint density at radius 2 is 1.45 bits per heavy atom. The van der Waals surface area contributed by atoms with Gasteiger partial charge in [-0.3, -0.25) is 0 Å². The maximum Gasteiger partial charge on any atom is 0.337 e. The maximum absolute atomic E-state index is 11.6. The number of carbonyl (C=O) groups is 2. The Bertz CT molecular complexity index is 363. The lowest BCUT2D eigenvalue weighted by atomic mass is 10.2. The summed E-state index contributed by atoms with van der Waals surface area (Å²) in [7, 11) is 0. The maximum atomic E-state index is 11.6. The molecule has 0 aliphatic rings. The van der Waals surface area contributed by atoms with Crippen molar-refractivity contribution in [3.63, 3.8) is 0 Å². The number of carbonyl (C=O) groups excluding carboxylic acids is 2. The SMILES string of the molecule is C=C(C)C(=O)OC(S)(CCCCCS)OC(=O)C(=C)C. The van der Waals surface area contributed by atoms with Crippen LogP contribution in [0.2, 0.25) is 0 Å². The molecule has 0 aromatic rings. The molecule has 0 atom stereocenters. The van der Waals surface area contributed by atoms with Gasteiger partial charge in [0.25, 0.3) is 0 Å². The number of ether oxygens (including phenoxy) is 2. The molecule has 0 N–H and O–H groups in total. The molecule has 0 unspecified atom stereocenters. The normalized spacial score (nSPS) is 10.8. The quantitative estimate of drug-likeness (QED) is 0.225. The van der Waals surface area contributed by atoms with Gasteiger partial charge in [-0.15, -0.1) is 0 Å². The van der Waals surface area contributed by atoms with Gasteiger partial charge in [0, 0.05) is 17.6 Å². The third-order valence-corrected chi connectivity index (χ3v) is 3.07. The molecule has 0 aromatic carbocycles. The molecule has 0 amide bonds. The molecule has 0 aliphatic heterocycles. The molecule has 0 rings (SSSR count). The number of esters is 2. The summed E-state index contributed by atoms with van der Waals surface area (Å²) in [6.07, 6.45) is 2.79. The van der Waals surface area contributed by atoms with E-state index in [1.807, 2.05) is 0 Å². The molecule has 0 saturated carbocycles. The average molecular weight is 318 g/mol. The third-order valence-electron chi connectivity index (χ3n) is 2.35. The van der Waals surface area contributed by atoms with Crippen molar-refractivity contribution in [3.05, 3.63) is 24.3 Å². The van der Waals surface area contributed by atoms with Gasteiger partial charge in [0.2, 0.25) is 0 Å². The van der Waals surface area contributed by atoms with Crippen molar-refractivity contribution >= 4 is 37.2 Å². The van der Waals surface area contributed by atoms with E-state index in [0.717, 1.165) is 18.6 Å². The Balaban J connectivity index is 4.73. The first kappa shape index (κ1) is 19.1. The Labute approximate surface area is 131 Å². The minimum Gasteiger partial charge on any atom is -0.409 e. The number of hydrogen-bond donors (Lipinski definition) is 2. The molecular formula is C14H22O4S2. The van der Waals surface area contributed by atoms with E-state index in [9.17, 15) is 9.59 Å². The van der Waals surface area contributed by atoms with Gasteiger partial charge < -0.3 is 9.47 Å². The van der Waals surface area contributed by atoms with E-state index in [2.05, 4.69) is 38.4 Å². The molecule has 20 heavy (non-hydrogen) atoms. The first-order valence-corrected chi connectivity index (χ1v) is 7.40. The molecule has 0 fully saturated rings. The fourth-order valence-corrected chi connectivity index (χ4v) is 1.77. The lowest BCUT2D eigenvalue weighted by molar-refractivity contribution is -0.193. The molecule has 0 spiro atoms. The van der Waals surface area contributed by atoms with E-state index in [1.165, 1.54) is 13.8 Å². The fraction of sp³-hybridized carbons (Fsp3) is 0.571. The molecule has 0 aromatic heterocycles. The van der Waals surface area contributed by atoms with Crippen LogP contribution in [0.5, 0.6) is 0 Å². The zero-order valence-corrected chi connectivity index (χ0v) is 13.8. The molecular weight excluding hydrogens is 296 g/mol. The highest BCUT2D eigenvalue weighted by Gasteiger charge is 2.34. The Hall–Kier alpha value is -0.880. The minimum absolute atomic E-state index is 0.213. The van der Waals surface area contributed by atoms with E-state index in [4.69, 9.17) is 9.47 Å². The van der Waals surface area contributed by atoms with Gasteiger partial charge in [-0.2, -0.15) is 12.6 Å². The average Bonchev–Trinajstić information content (AvgIpc) is 2.34. The van der Waals surface area contributed by atoms with Crippen LogP contribution in [0.15, 0.2) is 24.3 Å². The molecule has 4 nitrogen and oxygen atoms in total. The number of rotatable bonds is 9. The lowest BCUT2D eigenvalue weighted by Gasteiger charge is -2.28. The van der Waals surface area contributed by atoms with Crippen molar-refractivity contribution in [1.82, 2.24) is 0 Å². The molecule has 0 radical (unpaired) electrons. The second kappa shape index (κ2) is 9.13. The number of hydrogen-bond acceptors (Lipinski definition) is 6. The van der Waals surface area contributed by atoms with Crippen LogP contribution in [0.25, 0.3) is 0 Å². The van der Waals surface area contributed by atoms with Crippen LogP contribution in [0.4, 0.5) is 0 Å². The highest BCUT2D eigenvalue weighted by Crippen LogP contribution is 2.28. The van der Waals surface area contributed by atoms with Crippen LogP contribution in [0, 0.1) is 0 Å². The van der Waals surface area contributed by atoms with Crippen molar-refractivity contribution in [1.29, 1.82) is 0 Å². The van der Waals surface area contributed by atoms with Gasteiger partial charge in [-0.1, -0.05) is 32.2 Å². The second-order valence-corrected chi connectivity index (χ2v) is 5.72. The summed E-state index contributed by atoms with van der Waals surface area (Å²) < 4.78 is 10.2. The van der Waals surface area contributed by atoms with Crippen molar-refractivity contribution in [3.8, 4) is 0 Å². The van der Waals surface area contributed by atoms with E-state index in [1.54, 1.807) is 0 Å². The molecule has 0 saturated heterocycles. The third kappa shape index (κ3) is 7.65. The summed E-state index contributed by atoms with van der Waals surface area (Å²) in [6, 6.07) is 0. The second-order valence-electron chi connectivity index (χ2n) is 4.59. The van der Waals surface area contributed by atoms with Gasteiger partial charge in [0.15, 0.2) is 0 Å². The minimum atomic E-state index is -1.59. The predicted octanol–water partition coefficient (Wildman–Crippen LogP) is 3.30. The number of unbranched alkanes of at least 4 members (excludes halogenated alkanes) is 2. The first-order chi connectivity index (χ1) is 9.22. The van der Waals surface area contributed by atoms with E-state index < -0.39 is 17.1 Å². The molecule has 0 aliphatic carbocycles. The molecule has 0 bridgehead atoms. The lowest BCUT2D eigenvalue weighted by Crippen LogP contribution is -2.35. The summed E-state index contributed by atoms with van der Waals surface area (Å²) in [5.41, 5.74) is 0.426. The summed E-state index contributed by atoms with van der Waals surface area (Å²) >= 11 is 8.32. The van der Waals surface area contributed by atoms with Crippen LogP contribution in [-0.4, -0.2) is 22.8 Å². The monoisotopic (exact) mass is 318 g/mol. The van der Waals surface area contributed by atoms with Gasteiger partial charge in [-0.05, 0) is 32.4 Å². The summed E-state index contributed by atoms with van der Waals surface area (Å²) in [4.78, 5) is 23.2. The van der Waals surface area contributed by atoms with Gasteiger partial charge in [0.1, 0.15) is 0 Å². The van der Waals surface area contributed by atoms with Crippen LogP contribution in [0.1, 0.15) is 39.5 Å². The van der Waals surface area contributed by atoms with Crippen LogP contribution >= 0.6 is 25.3 Å². The molecule has 114 valence electrons. The van der Waals surface area contributed by atoms with Crippen LogP contribution < -0.4 is 0 Å². The highest BCUT2D eigenvalue weighted by atomic mass is 32.1. The van der Waals surface area contributed by atoms with Crippen molar-refractivity contribution in [2.75, 3.05) is 5.75 Å². The summed E-state index contributed by atoms with van der Waals surface area (Å²) in [5, 5.41) is -1.59. The van der Waals surface area contributed by atoms with Crippen molar-refractivity contribution in [2.45, 2.75) is 44.6 Å². The number of thiol groups is 2. The van der Waals surface area contributed by atoms with Crippen molar-refractivity contribution in [2.24, 2.45) is 0 Å². The Kier molecular flexibility index (Phi) is 8.73. The predicted molar refractivity (Wildman–Crippen MR) is 85.9 cm³/mol. The summed E-state index contributed by atoms with van der Waals surface area (Å²) in [5.74, 6) is -0.524. The van der Waals surface area contributed by atoms with E-state index in [0.29, 0.717) is 12.8 Å². The van der Waals surface area contributed by atoms with Gasteiger partial charge in [-0.25, -0.2) is 9.59 Å². The topological polar surface area (TPSA) is 52.6 Å². The molecule has 0 heterocycles. The van der Waals surface area contributed by atoms with Gasteiger partial charge in [0.05, 0.1) is 0 Å². The largest absolute Gasteiger partial charge is 0.409 e. The smallest absolute Gasteiger partial charge is 0.337 e. The van der Waals surface area contributed by atoms with Crippen molar-refractivity contribution < 1.29 is 19.1 Å². The zero-order chi connectivity index (χ0) is 15.8. The fourth-order valence-electron chi connectivity index (χ4n) is 1.22. The molecule has 6 heteroatoms. The first-order valence-electron chi connectivity index (χ1n) is 6.33. The van der Waals surface area contributed by atoms with Crippen LogP contribution in [-0.2, 0) is 19.1 Å². The van der Waals surface area contributed by atoms with E-state index in [-0.39, 0.29) is 11.1 Å². The van der Waals surface area contributed by atoms with Gasteiger partial charge >= 0.3 is 17.1 Å². The standard InChI is InChI=1S/C14H22O4S2/c1-10(2)12(15)17-14(20,8-6-5-7-9-19)18-13(16)11(3)4/h19-20H,1,3,5-9H2,2,4H3. The summed E-state index contributed by atoms with van der Waals surface area (Å²) in [6.45, 7) is 10.00. The van der Waals surface area contributed by atoms with E-state index >= 15 is 0 Å².